The minimum Gasteiger partial charge on any atom is -0.379 e. The van der Waals surface area contributed by atoms with Crippen molar-refractivity contribution in [2.24, 2.45) is 0 Å². The SMILES string of the molecule is COC1CCC1OC/C=C/C(F)(F)I. The fraction of sp³-hybridized carbons (Fsp3) is 0.778. The molecule has 82 valence electrons. The average molecular weight is 318 g/mol. The second-order valence-electron chi connectivity index (χ2n) is 3.17. The molecule has 0 aromatic rings. The summed E-state index contributed by atoms with van der Waals surface area (Å²) in [6.45, 7) is 0.225. The summed E-state index contributed by atoms with van der Waals surface area (Å²) in [5.74, 6) is 0. The zero-order valence-electron chi connectivity index (χ0n) is 7.88. The Morgan fingerprint density at radius 1 is 1.43 bits per heavy atom. The molecule has 0 amide bonds. The van der Waals surface area contributed by atoms with Gasteiger partial charge in [-0.15, -0.1) is 0 Å². The largest absolute Gasteiger partial charge is 0.379 e. The molecule has 0 aliphatic heterocycles. The highest BCUT2D eigenvalue weighted by molar-refractivity contribution is 14.1. The first-order valence-corrected chi connectivity index (χ1v) is 5.49. The molecule has 0 spiro atoms. The zero-order valence-corrected chi connectivity index (χ0v) is 10.0. The standard InChI is InChI=1S/C9H13F2IO2/c1-13-7-3-4-8(7)14-6-2-5-9(10,11)12/h2,5,7-8H,3-4,6H2,1H3/b5-2+. The summed E-state index contributed by atoms with van der Waals surface area (Å²) in [6, 6.07) is 0. The Hall–Kier alpha value is 0.250. The van der Waals surface area contributed by atoms with Crippen LogP contribution in [0.15, 0.2) is 12.2 Å². The van der Waals surface area contributed by atoms with E-state index in [0.717, 1.165) is 41.5 Å². The van der Waals surface area contributed by atoms with Crippen molar-refractivity contribution in [3.05, 3.63) is 12.2 Å². The number of alkyl halides is 3. The normalized spacial score (nSPS) is 28.0. The van der Waals surface area contributed by atoms with Crippen LogP contribution in [0.1, 0.15) is 12.8 Å². The van der Waals surface area contributed by atoms with E-state index in [1.54, 1.807) is 7.11 Å². The van der Waals surface area contributed by atoms with E-state index in [1.807, 2.05) is 0 Å². The number of hydrogen-bond donors (Lipinski definition) is 0. The van der Waals surface area contributed by atoms with Crippen LogP contribution in [0.2, 0.25) is 0 Å². The zero-order chi connectivity index (χ0) is 10.6. The van der Waals surface area contributed by atoms with Crippen LogP contribution in [0.3, 0.4) is 0 Å². The van der Waals surface area contributed by atoms with E-state index in [-0.39, 0.29) is 18.8 Å². The first-order chi connectivity index (χ1) is 6.53. The second kappa shape index (κ2) is 5.37. The van der Waals surface area contributed by atoms with E-state index in [1.165, 1.54) is 6.08 Å². The number of hydrogen-bond acceptors (Lipinski definition) is 2. The van der Waals surface area contributed by atoms with Gasteiger partial charge in [0.15, 0.2) is 0 Å². The van der Waals surface area contributed by atoms with Gasteiger partial charge in [-0.05, 0) is 18.9 Å². The topological polar surface area (TPSA) is 18.5 Å². The molecule has 0 heterocycles. The summed E-state index contributed by atoms with van der Waals surface area (Å²) in [6.07, 6.45) is 4.35. The number of ether oxygens (including phenoxy) is 2. The second-order valence-corrected chi connectivity index (χ2v) is 4.61. The van der Waals surface area contributed by atoms with Gasteiger partial charge < -0.3 is 9.47 Å². The highest BCUT2D eigenvalue weighted by atomic mass is 127. The molecule has 0 N–H and O–H groups in total. The lowest BCUT2D eigenvalue weighted by Gasteiger charge is -2.34. The van der Waals surface area contributed by atoms with Gasteiger partial charge in [-0.3, -0.25) is 0 Å². The first kappa shape index (κ1) is 12.3. The van der Waals surface area contributed by atoms with Crippen LogP contribution < -0.4 is 0 Å². The molecule has 0 aromatic carbocycles. The molecule has 0 bridgehead atoms. The number of methoxy groups -OCH3 is 1. The summed E-state index contributed by atoms with van der Waals surface area (Å²) in [5, 5.41) is 0. The Labute approximate surface area is 95.8 Å². The Morgan fingerprint density at radius 3 is 2.50 bits per heavy atom. The number of halogens is 3. The maximum absolute atomic E-state index is 12.3. The average Bonchev–Trinajstić information content (AvgIpc) is 2.00. The van der Waals surface area contributed by atoms with E-state index in [0.29, 0.717) is 0 Å². The van der Waals surface area contributed by atoms with Crippen LogP contribution in [0.5, 0.6) is 0 Å². The molecule has 1 fully saturated rings. The highest BCUT2D eigenvalue weighted by Crippen LogP contribution is 2.26. The van der Waals surface area contributed by atoms with Crippen LogP contribution in [0.25, 0.3) is 0 Å². The van der Waals surface area contributed by atoms with E-state index < -0.39 is 3.93 Å². The Kier molecular flexibility index (Phi) is 4.72. The molecule has 5 heteroatoms. The van der Waals surface area contributed by atoms with Crippen LogP contribution >= 0.6 is 22.6 Å². The van der Waals surface area contributed by atoms with Crippen LogP contribution in [0.4, 0.5) is 8.78 Å². The van der Waals surface area contributed by atoms with Crippen molar-refractivity contribution in [3.63, 3.8) is 0 Å². The highest BCUT2D eigenvalue weighted by Gasteiger charge is 2.31. The van der Waals surface area contributed by atoms with Crippen molar-refractivity contribution in [1.29, 1.82) is 0 Å². The fourth-order valence-electron chi connectivity index (χ4n) is 1.26. The summed E-state index contributed by atoms with van der Waals surface area (Å²) in [7, 11) is 1.63. The van der Waals surface area contributed by atoms with Crippen molar-refractivity contribution in [2.45, 2.75) is 29.0 Å². The minimum atomic E-state index is -2.78. The predicted octanol–water partition coefficient (Wildman–Crippen LogP) is 2.76. The summed E-state index contributed by atoms with van der Waals surface area (Å²) in [5.41, 5.74) is 0. The fourth-order valence-corrected chi connectivity index (χ4v) is 1.51. The maximum atomic E-state index is 12.3. The van der Waals surface area contributed by atoms with Gasteiger partial charge in [0, 0.05) is 29.7 Å². The smallest absolute Gasteiger partial charge is 0.314 e. The van der Waals surface area contributed by atoms with Gasteiger partial charge >= 0.3 is 3.93 Å². The molecule has 14 heavy (non-hydrogen) atoms. The molecule has 2 atom stereocenters. The van der Waals surface area contributed by atoms with Gasteiger partial charge in [0.05, 0.1) is 18.8 Å². The van der Waals surface area contributed by atoms with E-state index in [4.69, 9.17) is 9.47 Å². The molecule has 0 aromatic heterocycles. The molecular formula is C9H13F2IO2. The summed E-state index contributed by atoms with van der Waals surface area (Å²) < 4.78 is 32.3. The molecule has 0 saturated heterocycles. The van der Waals surface area contributed by atoms with Gasteiger partial charge in [-0.25, -0.2) is 0 Å². The van der Waals surface area contributed by atoms with Gasteiger partial charge in [0.1, 0.15) is 0 Å². The Bertz CT molecular complexity index is 201. The Morgan fingerprint density at radius 2 is 2.07 bits per heavy atom. The molecule has 2 unspecified atom stereocenters. The molecule has 0 radical (unpaired) electrons. The lowest BCUT2D eigenvalue weighted by molar-refractivity contribution is -0.106. The van der Waals surface area contributed by atoms with E-state index in [2.05, 4.69) is 0 Å². The van der Waals surface area contributed by atoms with Gasteiger partial charge in [0.2, 0.25) is 0 Å². The van der Waals surface area contributed by atoms with E-state index >= 15 is 0 Å². The third kappa shape index (κ3) is 4.18. The third-order valence-electron chi connectivity index (χ3n) is 2.17. The van der Waals surface area contributed by atoms with Crippen molar-refractivity contribution < 1.29 is 18.3 Å². The maximum Gasteiger partial charge on any atom is 0.314 e. The molecule has 1 rings (SSSR count). The van der Waals surface area contributed by atoms with E-state index in [9.17, 15) is 8.78 Å². The molecule has 1 saturated carbocycles. The molecule has 2 nitrogen and oxygen atoms in total. The quantitative estimate of drug-likeness (QED) is 0.441. The van der Waals surface area contributed by atoms with Crippen LogP contribution in [0, 0.1) is 0 Å². The number of rotatable bonds is 5. The lowest BCUT2D eigenvalue weighted by atomic mass is 9.92. The number of allylic oxidation sites excluding steroid dienone is 1. The van der Waals surface area contributed by atoms with Gasteiger partial charge in [0.25, 0.3) is 0 Å². The third-order valence-corrected chi connectivity index (χ3v) is 2.53. The van der Waals surface area contributed by atoms with Crippen molar-refractivity contribution in [2.75, 3.05) is 13.7 Å². The van der Waals surface area contributed by atoms with Crippen LogP contribution in [-0.2, 0) is 9.47 Å². The van der Waals surface area contributed by atoms with Gasteiger partial charge in [-0.1, -0.05) is 6.08 Å². The summed E-state index contributed by atoms with van der Waals surface area (Å²) in [4.78, 5) is 0. The molecular weight excluding hydrogens is 305 g/mol. The minimum absolute atomic E-state index is 0.0764. The predicted molar refractivity (Wildman–Crippen MR) is 57.9 cm³/mol. The van der Waals surface area contributed by atoms with Gasteiger partial charge in [-0.2, -0.15) is 8.78 Å². The molecule has 1 aliphatic rings. The van der Waals surface area contributed by atoms with Crippen LogP contribution in [-0.4, -0.2) is 29.9 Å². The lowest BCUT2D eigenvalue weighted by Crippen LogP contribution is -2.40. The Balaban J connectivity index is 2.13. The summed E-state index contributed by atoms with van der Waals surface area (Å²) >= 11 is 1.07. The first-order valence-electron chi connectivity index (χ1n) is 4.42. The molecule has 1 aliphatic carbocycles. The van der Waals surface area contributed by atoms with Crippen molar-refractivity contribution >= 4 is 22.6 Å². The van der Waals surface area contributed by atoms with Crippen molar-refractivity contribution in [3.8, 4) is 0 Å². The monoisotopic (exact) mass is 318 g/mol. The van der Waals surface area contributed by atoms with Crippen molar-refractivity contribution in [1.82, 2.24) is 0 Å².